The Morgan fingerprint density at radius 2 is 2.11 bits per heavy atom. The van der Waals surface area contributed by atoms with Gasteiger partial charge in [-0.25, -0.2) is 4.68 Å². The van der Waals surface area contributed by atoms with Crippen molar-refractivity contribution in [3.8, 4) is 0 Å². The Labute approximate surface area is 106 Å². The van der Waals surface area contributed by atoms with Gasteiger partial charge in [0.1, 0.15) is 0 Å². The second kappa shape index (κ2) is 6.83. The van der Waals surface area contributed by atoms with Gasteiger partial charge in [0.05, 0.1) is 19.7 Å². The van der Waals surface area contributed by atoms with Gasteiger partial charge in [-0.15, -0.1) is 5.10 Å². The summed E-state index contributed by atoms with van der Waals surface area (Å²) in [7, 11) is 1.68. The molecule has 6 heteroatoms. The molecule has 0 saturated heterocycles. The maximum Gasteiger partial charge on any atom is 0.165 e. The standard InChI is InChI=1S/C12H17N5O/c1-18-8-7-13-9-12-14-15-16-17(12)10-11-5-3-2-4-6-11/h2-6,13H,7-10H2,1H3. The topological polar surface area (TPSA) is 64.9 Å². The lowest BCUT2D eigenvalue weighted by Gasteiger charge is -2.05. The number of aromatic nitrogens is 4. The van der Waals surface area contributed by atoms with Crippen LogP contribution >= 0.6 is 0 Å². The van der Waals surface area contributed by atoms with Crippen LogP contribution in [0.1, 0.15) is 11.4 Å². The zero-order valence-electron chi connectivity index (χ0n) is 10.4. The Morgan fingerprint density at radius 1 is 1.28 bits per heavy atom. The Bertz CT molecular complexity index is 457. The van der Waals surface area contributed by atoms with Crippen molar-refractivity contribution < 1.29 is 4.74 Å². The summed E-state index contributed by atoms with van der Waals surface area (Å²) < 4.78 is 6.77. The molecule has 0 atom stereocenters. The van der Waals surface area contributed by atoms with Crippen LogP contribution in [-0.4, -0.2) is 40.5 Å². The maximum atomic E-state index is 4.97. The van der Waals surface area contributed by atoms with Crippen molar-refractivity contribution in [2.45, 2.75) is 13.1 Å². The number of hydrogen-bond donors (Lipinski definition) is 1. The number of tetrazole rings is 1. The second-order valence-electron chi connectivity index (χ2n) is 3.91. The molecule has 2 aromatic rings. The first-order valence-electron chi connectivity index (χ1n) is 5.89. The minimum absolute atomic E-state index is 0.642. The molecule has 0 radical (unpaired) electrons. The Kier molecular flexibility index (Phi) is 4.80. The highest BCUT2D eigenvalue weighted by Crippen LogP contribution is 2.02. The lowest BCUT2D eigenvalue weighted by Crippen LogP contribution is -2.21. The number of benzene rings is 1. The van der Waals surface area contributed by atoms with Gasteiger partial charge in [0.25, 0.3) is 0 Å². The van der Waals surface area contributed by atoms with E-state index in [1.54, 1.807) is 11.8 Å². The summed E-state index contributed by atoms with van der Waals surface area (Å²) in [5.74, 6) is 0.829. The summed E-state index contributed by atoms with van der Waals surface area (Å²) in [4.78, 5) is 0. The summed E-state index contributed by atoms with van der Waals surface area (Å²) in [5, 5.41) is 14.9. The van der Waals surface area contributed by atoms with Gasteiger partial charge in [0.2, 0.25) is 0 Å². The first-order valence-corrected chi connectivity index (χ1v) is 5.89. The lowest BCUT2D eigenvalue weighted by molar-refractivity contribution is 0.198. The number of nitrogens with one attached hydrogen (secondary N) is 1. The molecule has 18 heavy (non-hydrogen) atoms. The van der Waals surface area contributed by atoms with Crippen LogP contribution in [0.4, 0.5) is 0 Å². The smallest absolute Gasteiger partial charge is 0.165 e. The van der Waals surface area contributed by atoms with E-state index >= 15 is 0 Å². The Morgan fingerprint density at radius 3 is 2.89 bits per heavy atom. The summed E-state index contributed by atoms with van der Waals surface area (Å²) >= 11 is 0. The SMILES string of the molecule is COCCNCc1nnnn1Cc1ccccc1. The van der Waals surface area contributed by atoms with Gasteiger partial charge in [-0.3, -0.25) is 0 Å². The van der Waals surface area contributed by atoms with Crippen molar-refractivity contribution in [3.05, 3.63) is 41.7 Å². The van der Waals surface area contributed by atoms with Gasteiger partial charge in [0, 0.05) is 13.7 Å². The minimum atomic E-state index is 0.642. The van der Waals surface area contributed by atoms with Gasteiger partial charge >= 0.3 is 0 Å². The van der Waals surface area contributed by atoms with E-state index in [2.05, 4.69) is 33.0 Å². The lowest BCUT2D eigenvalue weighted by atomic mass is 10.2. The predicted molar refractivity (Wildman–Crippen MR) is 66.9 cm³/mol. The van der Waals surface area contributed by atoms with Crippen LogP contribution in [0.5, 0.6) is 0 Å². The molecule has 1 aromatic heterocycles. The van der Waals surface area contributed by atoms with Crippen molar-refractivity contribution in [2.75, 3.05) is 20.3 Å². The van der Waals surface area contributed by atoms with Crippen LogP contribution in [0, 0.1) is 0 Å². The highest BCUT2D eigenvalue weighted by atomic mass is 16.5. The molecule has 0 unspecified atom stereocenters. The Balaban J connectivity index is 1.91. The number of rotatable bonds is 7. The average molecular weight is 247 g/mol. The molecule has 0 amide bonds. The molecule has 1 aromatic carbocycles. The van der Waals surface area contributed by atoms with Crippen LogP contribution in [-0.2, 0) is 17.8 Å². The highest BCUT2D eigenvalue weighted by Gasteiger charge is 2.05. The fourth-order valence-corrected chi connectivity index (χ4v) is 1.60. The fourth-order valence-electron chi connectivity index (χ4n) is 1.60. The second-order valence-corrected chi connectivity index (χ2v) is 3.91. The molecule has 0 aliphatic rings. The van der Waals surface area contributed by atoms with E-state index in [1.165, 1.54) is 5.56 Å². The van der Waals surface area contributed by atoms with E-state index in [0.717, 1.165) is 12.4 Å². The van der Waals surface area contributed by atoms with Gasteiger partial charge in [-0.05, 0) is 16.0 Å². The van der Waals surface area contributed by atoms with Crippen molar-refractivity contribution >= 4 is 0 Å². The molecule has 0 aliphatic carbocycles. The van der Waals surface area contributed by atoms with Gasteiger partial charge in [-0.2, -0.15) is 0 Å². The third kappa shape index (κ3) is 3.61. The van der Waals surface area contributed by atoms with Gasteiger partial charge < -0.3 is 10.1 Å². The molecular weight excluding hydrogens is 230 g/mol. The van der Waals surface area contributed by atoms with E-state index in [9.17, 15) is 0 Å². The van der Waals surface area contributed by atoms with Crippen LogP contribution in [0.2, 0.25) is 0 Å². The van der Waals surface area contributed by atoms with E-state index in [0.29, 0.717) is 19.7 Å². The molecule has 1 N–H and O–H groups in total. The highest BCUT2D eigenvalue weighted by molar-refractivity contribution is 5.14. The van der Waals surface area contributed by atoms with Crippen molar-refractivity contribution in [2.24, 2.45) is 0 Å². The first kappa shape index (κ1) is 12.7. The van der Waals surface area contributed by atoms with Crippen LogP contribution < -0.4 is 5.32 Å². The van der Waals surface area contributed by atoms with Crippen LogP contribution in [0.3, 0.4) is 0 Å². The van der Waals surface area contributed by atoms with E-state index < -0.39 is 0 Å². The van der Waals surface area contributed by atoms with Crippen molar-refractivity contribution in [1.82, 2.24) is 25.5 Å². The zero-order chi connectivity index (χ0) is 12.6. The molecular formula is C12H17N5O. The molecule has 1 heterocycles. The molecule has 0 bridgehead atoms. The monoisotopic (exact) mass is 247 g/mol. The van der Waals surface area contributed by atoms with Gasteiger partial charge in [0.15, 0.2) is 5.82 Å². The third-order valence-electron chi connectivity index (χ3n) is 2.55. The largest absolute Gasteiger partial charge is 0.383 e. The predicted octanol–water partition coefficient (Wildman–Crippen LogP) is 0.457. The summed E-state index contributed by atoms with van der Waals surface area (Å²) in [6.45, 7) is 2.80. The summed E-state index contributed by atoms with van der Waals surface area (Å²) in [6.07, 6.45) is 0. The number of nitrogens with zero attached hydrogens (tertiary/aromatic N) is 4. The normalized spacial score (nSPS) is 10.7. The molecule has 96 valence electrons. The molecule has 0 fully saturated rings. The third-order valence-corrected chi connectivity index (χ3v) is 2.55. The zero-order valence-corrected chi connectivity index (χ0v) is 10.4. The number of ether oxygens (including phenoxy) is 1. The first-order chi connectivity index (χ1) is 8.90. The van der Waals surface area contributed by atoms with Crippen molar-refractivity contribution in [1.29, 1.82) is 0 Å². The van der Waals surface area contributed by atoms with Gasteiger partial charge in [-0.1, -0.05) is 30.3 Å². The number of methoxy groups -OCH3 is 1. The summed E-state index contributed by atoms with van der Waals surface area (Å²) in [6, 6.07) is 10.1. The van der Waals surface area contributed by atoms with Crippen LogP contribution in [0.25, 0.3) is 0 Å². The molecule has 2 rings (SSSR count). The quantitative estimate of drug-likeness (QED) is 0.720. The molecule has 0 saturated carbocycles. The van der Waals surface area contributed by atoms with E-state index in [-0.39, 0.29) is 0 Å². The summed E-state index contributed by atoms with van der Waals surface area (Å²) in [5.41, 5.74) is 1.18. The minimum Gasteiger partial charge on any atom is -0.383 e. The Hall–Kier alpha value is -1.79. The maximum absolute atomic E-state index is 4.97. The molecule has 0 spiro atoms. The number of hydrogen-bond acceptors (Lipinski definition) is 5. The van der Waals surface area contributed by atoms with E-state index in [1.807, 2.05) is 18.2 Å². The molecule has 0 aliphatic heterocycles. The van der Waals surface area contributed by atoms with Crippen LogP contribution in [0.15, 0.2) is 30.3 Å². The average Bonchev–Trinajstić information content (AvgIpc) is 2.83. The van der Waals surface area contributed by atoms with Crippen molar-refractivity contribution in [3.63, 3.8) is 0 Å². The van der Waals surface area contributed by atoms with E-state index in [4.69, 9.17) is 4.74 Å². The fraction of sp³-hybridized carbons (Fsp3) is 0.417. The molecule has 6 nitrogen and oxygen atoms in total.